The molecule has 7 heteroatoms. The number of rotatable bonds is 9. The van der Waals surface area contributed by atoms with E-state index >= 15 is 0 Å². The first-order valence-corrected chi connectivity index (χ1v) is 9.79. The molecule has 0 spiro atoms. The predicted octanol–water partition coefficient (Wildman–Crippen LogP) is 4.25. The fraction of sp³-hybridized carbons (Fsp3) is 0.250. The summed E-state index contributed by atoms with van der Waals surface area (Å²) < 4.78 is 12.9. The monoisotopic (exact) mass is 382 g/mol. The lowest BCUT2D eigenvalue weighted by Gasteiger charge is -2.11. The number of ether oxygens (including phenoxy) is 2. The average molecular weight is 382 g/mol. The van der Waals surface area contributed by atoms with Crippen molar-refractivity contribution in [3.63, 3.8) is 0 Å². The van der Waals surface area contributed by atoms with Gasteiger partial charge in [-0.15, -0.1) is 10.2 Å². The van der Waals surface area contributed by atoms with Crippen LogP contribution in [-0.2, 0) is 5.75 Å². The predicted molar refractivity (Wildman–Crippen MR) is 108 cm³/mol. The Labute approximate surface area is 163 Å². The van der Waals surface area contributed by atoms with E-state index in [0.717, 1.165) is 22.2 Å². The van der Waals surface area contributed by atoms with Crippen LogP contribution in [-0.4, -0.2) is 34.3 Å². The van der Waals surface area contributed by atoms with E-state index in [2.05, 4.69) is 27.4 Å². The molecule has 0 fully saturated rings. The molecule has 2 aromatic carbocycles. The normalized spacial score (nSPS) is 11.0. The Kier molecular flexibility index (Phi) is 6.87. The molecular formula is C20H22N4O2S. The van der Waals surface area contributed by atoms with E-state index < -0.39 is 0 Å². The molecule has 0 radical (unpaired) electrons. The summed E-state index contributed by atoms with van der Waals surface area (Å²) in [4.78, 5) is 0. The molecule has 0 unspecified atom stereocenters. The molecule has 0 N–H and O–H groups in total. The molecule has 0 bridgehead atoms. The zero-order valence-electron chi connectivity index (χ0n) is 15.4. The SMILES string of the molecule is CCOc1ccc(C=Nn2cnnc2SCc2ccccc2)cc1OCC. The third kappa shape index (κ3) is 5.34. The third-order valence-corrected chi connectivity index (χ3v) is 4.61. The second kappa shape index (κ2) is 9.78. The van der Waals surface area contributed by atoms with Crippen molar-refractivity contribution < 1.29 is 9.47 Å². The van der Waals surface area contributed by atoms with Gasteiger partial charge in [-0.1, -0.05) is 42.1 Å². The van der Waals surface area contributed by atoms with E-state index in [9.17, 15) is 0 Å². The minimum Gasteiger partial charge on any atom is -0.490 e. The summed E-state index contributed by atoms with van der Waals surface area (Å²) in [5, 5.41) is 13.3. The lowest BCUT2D eigenvalue weighted by molar-refractivity contribution is 0.288. The maximum atomic E-state index is 5.66. The molecular weight excluding hydrogens is 360 g/mol. The highest BCUT2D eigenvalue weighted by Gasteiger charge is 2.07. The first-order valence-electron chi connectivity index (χ1n) is 8.81. The van der Waals surface area contributed by atoms with Gasteiger partial charge < -0.3 is 9.47 Å². The fourth-order valence-electron chi connectivity index (χ4n) is 2.39. The van der Waals surface area contributed by atoms with E-state index in [4.69, 9.17) is 9.47 Å². The van der Waals surface area contributed by atoms with Gasteiger partial charge in [-0.05, 0) is 43.2 Å². The maximum Gasteiger partial charge on any atom is 0.212 e. The highest BCUT2D eigenvalue weighted by molar-refractivity contribution is 7.98. The molecule has 1 heterocycles. The minimum absolute atomic E-state index is 0.576. The third-order valence-electron chi connectivity index (χ3n) is 3.61. The molecule has 0 aliphatic rings. The second-order valence-electron chi connectivity index (χ2n) is 5.55. The Morgan fingerprint density at radius 1 is 1.04 bits per heavy atom. The molecule has 3 aromatic rings. The molecule has 0 aliphatic heterocycles. The van der Waals surface area contributed by atoms with Crippen LogP contribution in [0.5, 0.6) is 11.5 Å². The quantitative estimate of drug-likeness (QED) is 0.409. The molecule has 6 nitrogen and oxygen atoms in total. The molecule has 0 saturated carbocycles. The van der Waals surface area contributed by atoms with Gasteiger partial charge >= 0.3 is 0 Å². The lowest BCUT2D eigenvalue weighted by Crippen LogP contribution is -1.99. The summed E-state index contributed by atoms with van der Waals surface area (Å²) in [5.74, 6) is 2.26. The number of thioether (sulfide) groups is 1. The van der Waals surface area contributed by atoms with Crippen molar-refractivity contribution in [2.45, 2.75) is 24.8 Å². The topological polar surface area (TPSA) is 61.5 Å². The van der Waals surface area contributed by atoms with Gasteiger partial charge in [-0.2, -0.15) is 9.78 Å². The Morgan fingerprint density at radius 3 is 2.59 bits per heavy atom. The van der Waals surface area contributed by atoms with Gasteiger partial charge in [0.25, 0.3) is 0 Å². The van der Waals surface area contributed by atoms with Crippen molar-refractivity contribution in [3.8, 4) is 11.5 Å². The van der Waals surface area contributed by atoms with Crippen LogP contribution in [0.1, 0.15) is 25.0 Å². The van der Waals surface area contributed by atoms with E-state index in [1.165, 1.54) is 5.56 Å². The summed E-state index contributed by atoms with van der Waals surface area (Å²) in [6.07, 6.45) is 3.36. The van der Waals surface area contributed by atoms with Gasteiger partial charge in [-0.3, -0.25) is 0 Å². The number of benzene rings is 2. The second-order valence-corrected chi connectivity index (χ2v) is 6.49. The smallest absolute Gasteiger partial charge is 0.212 e. The van der Waals surface area contributed by atoms with Crippen LogP contribution < -0.4 is 9.47 Å². The van der Waals surface area contributed by atoms with E-state index in [1.807, 2.05) is 50.2 Å². The van der Waals surface area contributed by atoms with Crippen molar-refractivity contribution in [1.29, 1.82) is 0 Å². The van der Waals surface area contributed by atoms with Crippen molar-refractivity contribution >= 4 is 18.0 Å². The van der Waals surface area contributed by atoms with E-state index in [1.54, 1.807) is 29.0 Å². The highest BCUT2D eigenvalue weighted by atomic mass is 32.2. The van der Waals surface area contributed by atoms with Gasteiger partial charge in [0.1, 0.15) is 6.33 Å². The van der Waals surface area contributed by atoms with Crippen LogP contribution in [0.25, 0.3) is 0 Å². The van der Waals surface area contributed by atoms with Crippen LogP contribution in [0, 0.1) is 0 Å². The first-order chi connectivity index (χ1) is 13.3. The van der Waals surface area contributed by atoms with Crippen molar-refractivity contribution in [1.82, 2.24) is 14.9 Å². The average Bonchev–Trinajstić information content (AvgIpc) is 3.15. The molecule has 0 aliphatic carbocycles. The summed E-state index contributed by atoms with van der Waals surface area (Å²) in [6.45, 7) is 5.07. The fourth-order valence-corrected chi connectivity index (χ4v) is 3.21. The van der Waals surface area contributed by atoms with Crippen LogP contribution in [0.4, 0.5) is 0 Å². The number of hydrogen-bond donors (Lipinski definition) is 0. The largest absolute Gasteiger partial charge is 0.490 e. The van der Waals surface area contributed by atoms with Gasteiger partial charge in [0.05, 0.1) is 19.4 Å². The number of hydrogen-bond acceptors (Lipinski definition) is 6. The first kappa shape index (κ1) is 19.0. The van der Waals surface area contributed by atoms with E-state index in [0.29, 0.717) is 19.0 Å². The Hall–Kier alpha value is -2.80. The van der Waals surface area contributed by atoms with Crippen LogP contribution >= 0.6 is 11.8 Å². The zero-order chi connectivity index (χ0) is 18.9. The van der Waals surface area contributed by atoms with Gasteiger partial charge in [0.2, 0.25) is 5.16 Å². The Bertz CT molecular complexity index is 881. The maximum absolute atomic E-state index is 5.66. The molecule has 27 heavy (non-hydrogen) atoms. The van der Waals surface area contributed by atoms with Crippen molar-refractivity contribution in [2.75, 3.05) is 13.2 Å². The molecule has 0 amide bonds. The summed E-state index contributed by atoms with van der Waals surface area (Å²) in [5.41, 5.74) is 2.14. The summed E-state index contributed by atoms with van der Waals surface area (Å²) in [7, 11) is 0. The molecule has 0 saturated heterocycles. The lowest BCUT2D eigenvalue weighted by atomic mass is 10.2. The molecule has 140 valence electrons. The van der Waals surface area contributed by atoms with Gasteiger partial charge in [0, 0.05) is 5.75 Å². The van der Waals surface area contributed by atoms with Gasteiger partial charge in [0.15, 0.2) is 11.5 Å². The standard InChI is InChI=1S/C20H22N4O2S/c1-3-25-18-11-10-17(12-19(18)26-4-2)13-22-24-15-21-23-20(24)27-14-16-8-6-5-7-9-16/h5-13,15H,3-4,14H2,1-2H3. The van der Waals surface area contributed by atoms with Crippen molar-refractivity contribution in [3.05, 3.63) is 66.0 Å². The van der Waals surface area contributed by atoms with Gasteiger partial charge in [-0.25, -0.2) is 0 Å². The van der Waals surface area contributed by atoms with Crippen LogP contribution in [0.3, 0.4) is 0 Å². The summed E-state index contributed by atoms with van der Waals surface area (Å²) >= 11 is 1.59. The van der Waals surface area contributed by atoms with Crippen molar-refractivity contribution in [2.24, 2.45) is 5.10 Å². The zero-order valence-corrected chi connectivity index (χ0v) is 16.2. The van der Waals surface area contributed by atoms with Crippen LogP contribution in [0.15, 0.2) is 65.1 Å². The molecule has 3 rings (SSSR count). The van der Waals surface area contributed by atoms with E-state index in [-0.39, 0.29) is 0 Å². The molecule has 1 aromatic heterocycles. The minimum atomic E-state index is 0.576. The Balaban J connectivity index is 1.71. The number of nitrogens with zero attached hydrogens (tertiary/aromatic N) is 4. The highest BCUT2D eigenvalue weighted by Crippen LogP contribution is 2.28. The number of aromatic nitrogens is 3. The molecule has 0 atom stereocenters. The van der Waals surface area contributed by atoms with Crippen LogP contribution in [0.2, 0.25) is 0 Å². The Morgan fingerprint density at radius 2 is 1.81 bits per heavy atom. The summed E-state index contributed by atoms with van der Waals surface area (Å²) in [6, 6.07) is 16.0.